The molecule has 0 bridgehead atoms. The molecule has 3 N–H and O–H groups in total. The van der Waals surface area contributed by atoms with Crippen molar-refractivity contribution in [1.29, 1.82) is 0 Å². The highest BCUT2D eigenvalue weighted by Gasteiger charge is 2.36. The van der Waals surface area contributed by atoms with Gasteiger partial charge >= 0.3 is 12.1 Å². The number of pyridine rings is 1. The van der Waals surface area contributed by atoms with Crippen LogP contribution in [0.4, 0.5) is 13.2 Å². The second-order valence-electron chi connectivity index (χ2n) is 3.44. The molecule has 104 valence electrons. The molecule has 1 atom stereocenters. The van der Waals surface area contributed by atoms with Gasteiger partial charge in [-0.3, -0.25) is 9.78 Å². The van der Waals surface area contributed by atoms with Crippen LogP contribution in [0.5, 0.6) is 0 Å². The lowest BCUT2D eigenvalue weighted by atomic mass is 10.1. The van der Waals surface area contributed by atoms with Gasteiger partial charge in [0.2, 0.25) is 0 Å². The summed E-state index contributed by atoms with van der Waals surface area (Å²) in [5.74, 6) is -2.89. The van der Waals surface area contributed by atoms with Crippen LogP contribution < -0.4 is 5.32 Å². The van der Waals surface area contributed by atoms with Crippen LogP contribution in [0.2, 0.25) is 0 Å². The van der Waals surface area contributed by atoms with Crippen LogP contribution in [0, 0.1) is 0 Å². The van der Waals surface area contributed by atoms with E-state index in [2.05, 4.69) is 4.98 Å². The van der Waals surface area contributed by atoms with E-state index in [0.717, 1.165) is 12.3 Å². The number of hydrogen-bond acceptors (Lipinski definition) is 4. The number of carboxylic acid groups (broad SMARTS) is 1. The minimum atomic E-state index is -4.79. The van der Waals surface area contributed by atoms with Crippen molar-refractivity contribution in [3.8, 4) is 0 Å². The SMILES string of the molecule is O=C(N[C@@H](CO)C(=O)O)c1ncccc1C(F)(F)F. The number of carbonyl (C=O) groups is 2. The van der Waals surface area contributed by atoms with E-state index >= 15 is 0 Å². The third-order valence-corrected chi connectivity index (χ3v) is 2.11. The Balaban J connectivity index is 3.04. The third kappa shape index (κ3) is 3.65. The number of nitrogens with one attached hydrogen (secondary N) is 1. The zero-order valence-corrected chi connectivity index (χ0v) is 9.31. The van der Waals surface area contributed by atoms with Crippen LogP contribution in [0.3, 0.4) is 0 Å². The van der Waals surface area contributed by atoms with E-state index < -0.39 is 42.0 Å². The van der Waals surface area contributed by atoms with Gasteiger partial charge in [0.15, 0.2) is 6.04 Å². The summed E-state index contributed by atoms with van der Waals surface area (Å²) in [4.78, 5) is 25.4. The van der Waals surface area contributed by atoms with Gasteiger partial charge in [0.05, 0.1) is 12.2 Å². The van der Waals surface area contributed by atoms with Gasteiger partial charge in [-0.05, 0) is 12.1 Å². The summed E-state index contributed by atoms with van der Waals surface area (Å²) in [7, 11) is 0. The summed E-state index contributed by atoms with van der Waals surface area (Å²) in [5.41, 5.74) is -2.23. The maximum Gasteiger partial charge on any atom is 0.418 e. The average molecular weight is 278 g/mol. The molecule has 0 saturated carbocycles. The zero-order valence-electron chi connectivity index (χ0n) is 9.31. The fourth-order valence-corrected chi connectivity index (χ4v) is 1.23. The number of halogens is 3. The molecule has 19 heavy (non-hydrogen) atoms. The number of amides is 1. The zero-order chi connectivity index (χ0) is 14.6. The first kappa shape index (κ1) is 14.9. The molecule has 1 heterocycles. The van der Waals surface area contributed by atoms with Gasteiger partial charge in [0, 0.05) is 6.20 Å². The Labute approximate surface area is 104 Å². The topological polar surface area (TPSA) is 99.5 Å². The molecule has 6 nitrogen and oxygen atoms in total. The van der Waals surface area contributed by atoms with E-state index in [4.69, 9.17) is 10.2 Å². The van der Waals surface area contributed by atoms with Gasteiger partial charge in [0.1, 0.15) is 5.69 Å². The largest absolute Gasteiger partial charge is 0.480 e. The fourth-order valence-electron chi connectivity index (χ4n) is 1.23. The maximum absolute atomic E-state index is 12.6. The number of nitrogens with zero attached hydrogens (tertiary/aromatic N) is 1. The van der Waals surface area contributed by atoms with Crippen LogP contribution in [-0.4, -0.2) is 39.7 Å². The Morgan fingerprint density at radius 1 is 1.42 bits per heavy atom. The Morgan fingerprint density at radius 3 is 2.53 bits per heavy atom. The third-order valence-electron chi connectivity index (χ3n) is 2.11. The number of hydrogen-bond donors (Lipinski definition) is 3. The van der Waals surface area contributed by atoms with Crippen molar-refractivity contribution in [2.24, 2.45) is 0 Å². The molecule has 0 saturated heterocycles. The van der Waals surface area contributed by atoms with Crippen molar-refractivity contribution in [2.45, 2.75) is 12.2 Å². The van der Waals surface area contributed by atoms with Gasteiger partial charge < -0.3 is 15.5 Å². The van der Waals surface area contributed by atoms with Gasteiger partial charge in [-0.1, -0.05) is 0 Å². The molecule has 9 heteroatoms. The molecular formula is C10H9F3N2O4. The molecule has 0 aliphatic heterocycles. The number of rotatable bonds is 4. The first-order chi connectivity index (χ1) is 8.77. The Bertz CT molecular complexity index is 490. The minimum Gasteiger partial charge on any atom is -0.480 e. The van der Waals surface area contributed by atoms with Crippen molar-refractivity contribution in [3.63, 3.8) is 0 Å². The molecule has 0 unspecified atom stereocenters. The van der Waals surface area contributed by atoms with Crippen LogP contribution in [0.15, 0.2) is 18.3 Å². The summed E-state index contributed by atoms with van der Waals surface area (Å²) >= 11 is 0. The fraction of sp³-hybridized carbons (Fsp3) is 0.300. The lowest BCUT2D eigenvalue weighted by molar-refractivity contribution is -0.140. The Kier molecular flexibility index (Phi) is 4.43. The van der Waals surface area contributed by atoms with E-state index in [1.807, 2.05) is 0 Å². The summed E-state index contributed by atoms with van der Waals surface area (Å²) in [6, 6.07) is -0.0488. The molecule has 1 aromatic heterocycles. The number of carboxylic acids is 1. The van der Waals surface area contributed by atoms with E-state index in [1.54, 1.807) is 5.32 Å². The monoisotopic (exact) mass is 278 g/mol. The number of aliphatic hydroxyl groups excluding tert-OH is 1. The molecule has 0 fully saturated rings. The standard InChI is InChI=1S/C10H9F3N2O4/c11-10(12,13)5-2-1-3-14-7(5)8(17)15-6(4-16)9(18)19/h1-3,6,16H,4H2,(H,15,17)(H,18,19)/t6-/m0/s1. The second-order valence-corrected chi connectivity index (χ2v) is 3.44. The van der Waals surface area contributed by atoms with Gasteiger partial charge in [-0.25, -0.2) is 4.79 Å². The predicted octanol–water partition coefficient (Wildman–Crippen LogP) is 0.276. The smallest absolute Gasteiger partial charge is 0.418 e. The first-order valence-electron chi connectivity index (χ1n) is 4.94. The molecule has 1 amide bonds. The summed E-state index contributed by atoms with van der Waals surface area (Å²) in [5, 5.41) is 19.0. The quantitative estimate of drug-likeness (QED) is 0.734. The van der Waals surface area contributed by atoms with Crippen LogP contribution in [-0.2, 0) is 11.0 Å². The lowest BCUT2D eigenvalue weighted by Gasteiger charge is -2.14. The number of carbonyl (C=O) groups excluding carboxylic acids is 1. The molecule has 0 aliphatic rings. The van der Waals surface area contributed by atoms with Crippen LogP contribution in [0.1, 0.15) is 16.1 Å². The lowest BCUT2D eigenvalue weighted by Crippen LogP contribution is -2.44. The van der Waals surface area contributed by atoms with E-state index in [-0.39, 0.29) is 0 Å². The van der Waals surface area contributed by atoms with Crippen molar-refractivity contribution >= 4 is 11.9 Å². The van der Waals surface area contributed by atoms with Crippen molar-refractivity contribution in [2.75, 3.05) is 6.61 Å². The molecule has 0 radical (unpaired) electrons. The average Bonchev–Trinajstić information content (AvgIpc) is 2.34. The Morgan fingerprint density at radius 2 is 2.05 bits per heavy atom. The van der Waals surface area contributed by atoms with E-state index in [1.165, 1.54) is 0 Å². The van der Waals surface area contributed by atoms with Gasteiger partial charge in [-0.2, -0.15) is 13.2 Å². The molecule has 1 aromatic rings. The number of alkyl halides is 3. The van der Waals surface area contributed by atoms with Crippen molar-refractivity contribution in [3.05, 3.63) is 29.6 Å². The van der Waals surface area contributed by atoms with Gasteiger partial charge in [-0.15, -0.1) is 0 Å². The van der Waals surface area contributed by atoms with Crippen LogP contribution in [0.25, 0.3) is 0 Å². The van der Waals surface area contributed by atoms with Crippen molar-refractivity contribution < 1.29 is 33.0 Å². The number of aromatic nitrogens is 1. The second kappa shape index (κ2) is 5.65. The highest BCUT2D eigenvalue weighted by molar-refractivity contribution is 5.96. The number of aliphatic hydroxyl groups is 1. The molecule has 0 spiro atoms. The van der Waals surface area contributed by atoms with Crippen LogP contribution >= 0.6 is 0 Å². The molecular weight excluding hydrogens is 269 g/mol. The maximum atomic E-state index is 12.6. The summed E-state index contributed by atoms with van der Waals surface area (Å²) in [6.07, 6.45) is -3.82. The molecule has 1 rings (SSSR count). The Hall–Kier alpha value is -2.16. The van der Waals surface area contributed by atoms with Crippen molar-refractivity contribution in [1.82, 2.24) is 10.3 Å². The van der Waals surface area contributed by atoms with E-state index in [0.29, 0.717) is 6.07 Å². The molecule has 0 aliphatic carbocycles. The minimum absolute atomic E-state index is 0.649. The summed E-state index contributed by atoms with van der Waals surface area (Å²) < 4.78 is 37.8. The highest BCUT2D eigenvalue weighted by atomic mass is 19.4. The molecule has 0 aromatic carbocycles. The van der Waals surface area contributed by atoms with E-state index in [9.17, 15) is 22.8 Å². The normalized spacial score (nSPS) is 12.8. The number of aliphatic carboxylic acids is 1. The highest BCUT2D eigenvalue weighted by Crippen LogP contribution is 2.30. The predicted molar refractivity (Wildman–Crippen MR) is 55.2 cm³/mol. The van der Waals surface area contributed by atoms with Gasteiger partial charge in [0.25, 0.3) is 5.91 Å². The first-order valence-corrected chi connectivity index (χ1v) is 4.94. The summed E-state index contributed by atoms with van der Waals surface area (Å²) in [6.45, 7) is -0.949.